The van der Waals surface area contributed by atoms with E-state index in [0.29, 0.717) is 15.8 Å². The molecule has 1 amide bonds. The molecule has 1 aliphatic rings. The van der Waals surface area contributed by atoms with Gasteiger partial charge in [-0.3, -0.25) is 10.1 Å². The number of nitrogens with zero attached hydrogens (tertiary/aromatic N) is 3. The number of thiophene rings is 1. The van der Waals surface area contributed by atoms with E-state index in [1.54, 1.807) is 10.7 Å². The molecule has 1 unspecified atom stereocenters. The first-order valence-electron chi connectivity index (χ1n) is 9.28. The molecule has 0 bridgehead atoms. The summed E-state index contributed by atoms with van der Waals surface area (Å²) in [5, 5.41) is 13.2. The number of carbonyl (C=O) groups excluding carboxylic acids is 1. The minimum absolute atomic E-state index is 0. The van der Waals surface area contributed by atoms with Gasteiger partial charge in [-0.15, -0.1) is 28.8 Å². The van der Waals surface area contributed by atoms with Crippen LogP contribution in [-0.4, -0.2) is 20.7 Å². The van der Waals surface area contributed by atoms with E-state index >= 15 is 0 Å². The second-order valence-electron chi connectivity index (χ2n) is 6.70. The van der Waals surface area contributed by atoms with E-state index in [4.69, 9.17) is 11.6 Å². The summed E-state index contributed by atoms with van der Waals surface area (Å²) in [6.45, 7) is 0. The molecule has 31 heavy (non-hydrogen) atoms. The molecule has 0 saturated carbocycles. The van der Waals surface area contributed by atoms with Crippen LogP contribution in [0.25, 0.3) is 5.70 Å². The van der Waals surface area contributed by atoms with Crippen LogP contribution in [0, 0.1) is 0 Å². The third-order valence-electron chi connectivity index (χ3n) is 4.73. The second kappa shape index (κ2) is 8.93. The predicted molar refractivity (Wildman–Crippen MR) is 127 cm³/mol. The van der Waals surface area contributed by atoms with Gasteiger partial charge in [0.25, 0.3) is 11.9 Å². The van der Waals surface area contributed by atoms with Crippen molar-refractivity contribution in [2.24, 2.45) is 0 Å². The van der Waals surface area contributed by atoms with Gasteiger partial charge in [0.2, 0.25) is 5.95 Å². The van der Waals surface area contributed by atoms with Crippen molar-refractivity contribution in [2.75, 3.05) is 10.6 Å². The van der Waals surface area contributed by atoms with Crippen LogP contribution in [0.1, 0.15) is 26.8 Å². The van der Waals surface area contributed by atoms with Crippen molar-refractivity contribution in [2.45, 2.75) is 6.04 Å². The maximum atomic E-state index is 12.4. The number of hydrogen-bond acceptors (Lipinski definition) is 5. The quantitative estimate of drug-likeness (QED) is 0.400. The number of amides is 1. The third kappa shape index (κ3) is 4.34. The average Bonchev–Trinajstić information content (AvgIpc) is 3.44. The molecule has 2 N–H and O–H groups in total. The number of allylic oxidation sites excluding steroid dienone is 1. The lowest BCUT2D eigenvalue weighted by atomic mass is 10.0. The maximum Gasteiger partial charge on any atom is 0.268 e. The first kappa shape index (κ1) is 21.1. The number of hydrogen-bond donors (Lipinski definition) is 2. The van der Waals surface area contributed by atoms with Crippen LogP contribution in [0.3, 0.4) is 0 Å². The molecule has 0 saturated heterocycles. The highest BCUT2D eigenvalue weighted by molar-refractivity contribution is 7.12. The Labute approximate surface area is 194 Å². The Kier molecular flexibility index (Phi) is 6.08. The van der Waals surface area contributed by atoms with Crippen LogP contribution in [0.2, 0.25) is 5.02 Å². The number of rotatable bonds is 4. The fourth-order valence-corrected chi connectivity index (χ4v) is 4.05. The maximum absolute atomic E-state index is 12.4. The first-order chi connectivity index (χ1) is 14.7. The highest BCUT2D eigenvalue weighted by Gasteiger charge is 2.26. The molecule has 5 rings (SSSR count). The van der Waals surface area contributed by atoms with Gasteiger partial charge >= 0.3 is 0 Å². The first-order valence-corrected chi connectivity index (χ1v) is 10.5. The molecule has 0 aliphatic carbocycles. The van der Waals surface area contributed by atoms with Gasteiger partial charge in [-0.25, -0.2) is 4.68 Å². The summed E-state index contributed by atoms with van der Waals surface area (Å²) in [4.78, 5) is 17.5. The van der Waals surface area contributed by atoms with E-state index in [1.807, 2.05) is 66.0 Å². The SMILES string of the molecule is Cl.O=C(Nc1nc2n(n1)C(c1ccccc1)C=C(c1ccc(Cl)cc1)N2)c1cccs1. The van der Waals surface area contributed by atoms with Gasteiger partial charge in [-0.1, -0.05) is 60.1 Å². The summed E-state index contributed by atoms with van der Waals surface area (Å²) in [5.41, 5.74) is 2.95. The number of carbonyl (C=O) groups is 1. The van der Waals surface area contributed by atoms with Crippen molar-refractivity contribution in [3.05, 3.63) is 99.2 Å². The van der Waals surface area contributed by atoms with E-state index in [9.17, 15) is 4.79 Å². The molecule has 1 atom stereocenters. The van der Waals surface area contributed by atoms with Gasteiger partial charge in [0.15, 0.2) is 0 Å². The standard InChI is InChI=1S/C22H16ClN5OS.ClH/c23-16-10-8-14(9-11-16)17-13-18(15-5-2-1-3-6-15)28-22(24-17)26-21(27-28)25-20(29)19-7-4-12-30-19;/h1-13,18H,(H2,24,25,26,27,29);1H. The Bertz CT molecular complexity index is 1220. The predicted octanol–water partition coefficient (Wildman–Crippen LogP) is 5.72. The lowest BCUT2D eigenvalue weighted by molar-refractivity contribution is 0.102. The zero-order valence-electron chi connectivity index (χ0n) is 16.0. The molecule has 156 valence electrons. The molecule has 2 aromatic heterocycles. The molecule has 3 heterocycles. The van der Waals surface area contributed by atoms with E-state index in [2.05, 4.69) is 26.8 Å². The molecule has 0 fully saturated rings. The topological polar surface area (TPSA) is 71.8 Å². The largest absolute Gasteiger partial charge is 0.324 e. The van der Waals surface area contributed by atoms with Crippen LogP contribution < -0.4 is 10.6 Å². The molecular formula is C22H17Cl2N5OS. The monoisotopic (exact) mass is 469 g/mol. The normalized spacial score (nSPS) is 14.6. The highest BCUT2D eigenvalue weighted by atomic mass is 35.5. The number of anilines is 2. The van der Waals surface area contributed by atoms with E-state index in [-0.39, 0.29) is 30.3 Å². The van der Waals surface area contributed by atoms with Gasteiger partial charge in [0.1, 0.15) is 6.04 Å². The molecule has 6 nitrogen and oxygen atoms in total. The Hall–Kier alpha value is -3.13. The van der Waals surface area contributed by atoms with Gasteiger partial charge in [-0.05, 0) is 40.8 Å². The molecular weight excluding hydrogens is 453 g/mol. The molecule has 0 radical (unpaired) electrons. The van der Waals surface area contributed by atoms with Gasteiger partial charge in [0.05, 0.1) is 4.88 Å². The zero-order valence-corrected chi connectivity index (χ0v) is 18.4. The number of nitrogens with one attached hydrogen (secondary N) is 2. The van der Waals surface area contributed by atoms with E-state index in [0.717, 1.165) is 16.8 Å². The van der Waals surface area contributed by atoms with Crippen molar-refractivity contribution >= 4 is 58.8 Å². The van der Waals surface area contributed by atoms with Gasteiger partial charge in [0, 0.05) is 10.7 Å². The number of aromatic nitrogens is 3. The summed E-state index contributed by atoms with van der Waals surface area (Å²) in [7, 11) is 0. The lowest BCUT2D eigenvalue weighted by Crippen LogP contribution is -2.20. The van der Waals surface area contributed by atoms with Crippen molar-refractivity contribution < 1.29 is 4.79 Å². The minimum Gasteiger partial charge on any atom is -0.324 e. The van der Waals surface area contributed by atoms with Crippen LogP contribution in [0.4, 0.5) is 11.9 Å². The molecule has 9 heteroatoms. The van der Waals surface area contributed by atoms with Crippen molar-refractivity contribution in [3.63, 3.8) is 0 Å². The van der Waals surface area contributed by atoms with Crippen LogP contribution in [-0.2, 0) is 0 Å². The fourth-order valence-electron chi connectivity index (χ4n) is 3.30. The Morgan fingerprint density at radius 2 is 1.84 bits per heavy atom. The Balaban J connectivity index is 0.00000231. The Morgan fingerprint density at radius 1 is 1.06 bits per heavy atom. The smallest absolute Gasteiger partial charge is 0.268 e. The molecule has 2 aromatic carbocycles. The summed E-state index contributed by atoms with van der Waals surface area (Å²) >= 11 is 7.41. The van der Waals surface area contributed by atoms with Crippen molar-refractivity contribution in [1.82, 2.24) is 14.8 Å². The van der Waals surface area contributed by atoms with E-state index < -0.39 is 0 Å². The molecule has 1 aliphatic heterocycles. The van der Waals surface area contributed by atoms with E-state index in [1.165, 1.54) is 11.3 Å². The summed E-state index contributed by atoms with van der Waals surface area (Å²) < 4.78 is 1.78. The number of fused-ring (bicyclic) bond motifs is 1. The average molecular weight is 470 g/mol. The van der Waals surface area contributed by atoms with Crippen LogP contribution in [0.15, 0.2) is 78.2 Å². The Morgan fingerprint density at radius 3 is 2.55 bits per heavy atom. The second-order valence-corrected chi connectivity index (χ2v) is 8.09. The summed E-state index contributed by atoms with van der Waals surface area (Å²) in [5.74, 6) is 0.579. The molecule has 4 aromatic rings. The van der Waals surface area contributed by atoms with Gasteiger partial charge in [-0.2, -0.15) is 4.98 Å². The van der Waals surface area contributed by atoms with Crippen LogP contribution in [0.5, 0.6) is 0 Å². The third-order valence-corrected chi connectivity index (χ3v) is 5.85. The van der Waals surface area contributed by atoms with Gasteiger partial charge < -0.3 is 5.32 Å². The van der Waals surface area contributed by atoms with Crippen molar-refractivity contribution in [3.8, 4) is 0 Å². The number of halogens is 2. The minimum atomic E-state index is -0.227. The summed E-state index contributed by atoms with van der Waals surface area (Å²) in [6, 6.07) is 21.1. The van der Waals surface area contributed by atoms with Crippen LogP contribution >= 0.6 is 35.3 Å². The zero-order chi connectivity index (χ0) is 20.5. The lowest BCUT2D eigenvalue weighted by Gasteiger charge is -2.24. The fraction of sp³-hybridized carbons (Fsp3) is 0.0455. The highest BCUT2D eigenvalue weighted by Crippen LogP contribution is 2.33. The molecule has 0 spiro atoms. The summed E-state index contributed by atoms with van der Waals surface area (Å²) in [6.07, 6.45) is 2.09. The van der Waals surface area contributed by atoms with Crippen molar-refractivity contribution in [1.29, 1.82) is 0 Å². The number of benzene rings is 2.